The summed E-state index contributed by atoms with van der Waals surface area (Å²) in [4.78, 5) is 15.1. The largest absolute Gasteiger partial charge is 0.355 e. The van der Waals surface area contributed by atoms with Crippen LogP contribution in [0.4, 0.5) is 0 Å². The van der Waals surface area contributed by atoms with Crippen LogP contribution in [0, 0.1) is 0 Å². The Labute approximate surface area is 137 Å². The molecule has 0 N–H and O–H groups in total. The van der Waals surface area contributed by atoms with Crippen molar-refractivity contribution in [1.29, 1.82) is 0 Å². The van der Waals surface area contributed by atoms with Crippen LogP contribution in [0.5, 0.6) is 0 Å². The molecule has 4 rings (SSSR count). The molecule has 1 aliphatic rings. The number of hydrogen-bond acceptors (Lipinski definition) is 6. The van der Waals surface area contributed by atoms with Gasteiger partial charge in [-0.25, -0.2) is 4.68 Å². The van der Waals surface area contributed by atoms with Gasteiger partial charge in [0, 0.05) is 45.2 Å². The Morgan fingerprint density at radius 3 is 3.13 bits per heavy atom. The van der Waals surface area contributed by atoms with Crippen molar-refractivity contribution in [1.82, 2.24) is 19.8 Å². The van der Waals surface area contributed by atoms with Gasteiger partial charge in [-0.15, -0.1) is 11.3 Å². The highest BCUT2D eigenvalue weighted by atomic mass is 32.1. The highest BCUT2D eigenvalue weighted by Crippen LogP contribution is 2.26. The van der Waals surface area contributed by atoms with Crippen LogP contribution in [0.1, 0.15) is 17.0 Å². The van der Waals surface area contributed by atoms with Crippen molar-refractivity contribution in [3.63, 3.8) is 0 Å². The molecule has 6 nitrogen and oxygen atoms in total. The standard InChI is InChI=1S/C16H16N4O2S/c1-19-16(21)7-11-9-20(5-4-13(11)17-19)10-12-8-14(22-18-12)15-3-2-6-23-15/h2-3,6-8H,4-5,9-10H2,1H3. The number of aryl methyl sites for hydroxylation is 1. The normalized spacial score (nSPS) is 14.8. The molecule has 3 aromatic rings. The molecule has 0 atom stereocenters. The van der Waals surface area contributed by atoms with E-state index in [1.807, 2.05) is 23.6 Å². The van der Waals surface area contributed by atoms with Crippen molar-refractivity contribution < 1.29 is 4.52 Å². The van der Waals surface area contributed by atoms with Crippen LogP contribution in [0.25, 0.3) is 10.6 Å². The molecular weight excluding hydrogens is 312 g/mol. The van der Waals surface area contributed by atoms with Crippen LogP contribution in [-0.2, 0) is 26.6 Å². The fraction of sp³-hybridized carbons (Fsp3) is 0.312. The summed E-state index contributed by atoms with van der Waals surface area (Å²) < 4.78 is 6.83. The summed E-state index contributed by atoms with van der Waals surface area (Å²) in [7, 11) is 1.69. The molecule has 3 aromatic heterocycles. The second kappa shape index (κ2) is 5.75. The third kappa shape index (κ3) is 2.85. The van der Waals surface area contributed by atoms with Gasteiger partial charge < -0.3 is 4.52 Å². The first-order valence-electron chi connectivity index (χ1n) is 7.47. The van der Waals surface area contributed by atoms with E-state index in [2.05, 4.69) is 15.2 Å². The maximum Gasteiger partial charge on any atom is 0.266 e. The zero-order chi connectivity index (χ0) is 15.8. The summed E-state index contributed by atoms with van der Waals surface area (Å²) >= 11 is 1.64. The SMILES string of the molecule is Cn1nc2c(cc1=O)CN(Cc1cc(-c3cccs3)on1)CC2. The van der Waals surface area contributed by atoms with E-state index in [9.17, 15) is 4.79 Å². The zero-order valence-electron chi connectivity index (χ0n) is 12.7. The first-order chi connectivity index (χ1) is 11.2. The van der Waals surface area contributed by atoms with Gasteiger partial charge in [0.15, 0.2) is 5.76 Å². The first kappa shape index (κ1) is 14.3. The van der Waals surface area contributed by atoms with Crippen LogP contribution < -0.4 is 5.56 Å². The van der Waals surface area contributed by atoms with E-state index < -0.39 is 0 Å². The number of hydrogen-bond donors (Lipinski definition) is 0. The molecule has 0 saturated heterocycles. The summed E-state index contributed by atoms with van der Waals surface area (Å²) in [6.07, 6.45) is 0.846. The monoisotopic (exact) mass is 328 g/mol. The molecule has 0 fully saturated rings. The van der Waals surface area contributed by atoms with Gasteiger partial charge in [0.25, 0.3) is 5.56 Å². The Morgan fingerprint density at radius 1 is 1.39 bits per heavy atom. The van der Waals surface area contributed by atoms with Gasteiger partial charge in [0.05, 0.1) is 16.3 Å². The molecule has 1 aliphatic heterocycles. The fourth-order valence-electron chi connectivity index (χ4n) is 2.84. The van der Waals surface area contributed by atoms with E-state index >= 15 is 0 Å². The minimum absolute atomic E-state index is 0.0629. The predicted octanol–water partition coefficient (Wildman–Crippen LogP) is 2.06. The van der Waals surface area contributed by atoms with Gasteiger partial charge in [-0.05, 0) is 17.0 Å². The molecular formula is C16H16N4O2S. The quantitative estimate of drug-likeness (QED) is 0.736. The van der Waals surface area contributed by atoms with E-state index in [0.29, 0.717) is 6.54 Å². The number of aromatic nitrogens is 3. The zero-order valence-corrected chi connectivity index (χ0v) is 13.5. The maximum atomic E-state index is 11.7. The van der Waals surface area contributed by atoms with Crippen LogP contribution in [0.3, 0.4) is 0 Å². The predicted molar refractivity (Wildman–Crippen MR) is 87.1 cm³/mol. The molecule has 4 heterocycles. The highest BCUT2D eigenvalue weighted by molar-refractivity contribution is 7.13. The minimum atomic E-state index is -0.0629. The van der Waals surface area contributed by atoms with E-state index in [-0.39, 0.29) is 5.56 Å². The molecule has 0 radical (unpaired) electrons. The average molecular weight is 328 g/mol. The summed E-state index contributed by atoms with van der Waals surface area (Å²) in [5.74, 6) is 0.808. The molecule has 0 aliphatic carbocycles. The number of fused-ring (bicyclic) bond motifs is 1. The van der Waals surface area contributed by atoms with E-state index in [0.717, 1.165) is 47.1 Å². The Morgan fingerprint density at radius 2 is 2.30 bits per heavy atom. The minimum Gasteiger partial charge on any atom is -0.355 e. The Bertz CT molecular complexity index is 882. The third-order valence-corrected chi connectivity index (χ3v) is 4.91. The van der Waals surface area contributed by atoms with Gasteiger partial charge in [-0.3, -0.25) is 9.69 Å². The van der Waals surface area contributed by atoms with Crippen LogP contribution in [0.2, 0.25) is 0 Å². The molecule has 0 bridgehead atoms. The topological polar surface area (TPSA) is 64.2 Å². The lowest BCUT2D eigenvalue weighted by Gasteiger charge is -2.27. The lowest BCUT2D eigenvalue weighted by atomic mass is 10.1. The number of nitrogens with zero attached hydrogens (tertiary/aromatic N) is 4. The molecule has 0 spiro atoms. The second-order valence-electron chi connectivity index (χ2n) is 5.70. The molecule has 0 amide bonds. The lowest BCUT2D eigenvalue weighted by Crippen LogP contribution is -2.34. The van der Waals surface area contributed by atoms with Gasteiger partial charge in [-0.1, -0.05) is 11.2 Å². The number of thiophene rings is 1. The van der Waals surface area contributed by atoms with Crippen LogP contribution in [-0.4, -0.2) is 26.4 Å². The van der Waals surface area contributed by atoms with E-state index in [1.54, 1.807) is 24.5 Å². The Balaban J connectivity index is 1.50. The smallest absolute Gasteiger partial charge is 0.266 e. The van der Waals surface area contributed by atoms with Gasteiger partial charge in [-0.2, -0.15) is 5.10 Å². The van der Waals surface area contributed by atoms with Crippen molar-refractivity contribution in [2.75, 3.05) is 6.54 Å². The first-order valence-corrected chi connectivity index (χ1v) is 8.35. The van der Waals surface area contributed by atoms with Crippen molar-refractivity contribution in [2.45, 2.75) is 19.5 Å². The highest BCUT2D eigenvalue weighted by Gasteiger charge is 2.20. The molecule has 0 saturated carbocycles. The summed E-state index contributed by atoms with van der Waals surface area (Å²) in [6.45, 7) is 2.34. The van der Waals surface area contributed by atoms with Crippen molar-refractivity contribution in [3.05, 3.63) is 57.0 Å². The Hall–Kier alpha value is -2.25. The van der Waals surface area contributed by atoms with E-state index in [4.69, 9.17) is 4.52 Å². The van der Waals surface area contributed by atoms with Gasteiger partial charge in [0.1, 0.15) is 0 Å². The molecule has 0 aromatic carbocycles. The van der Waals surface area contributed by atoms with Crippen molar-refractivity contribution in [3.8, 4) is 10.6 Å². The average Bonchev–Trinajstić information content (AvgIpc) is 3.20. The summed E-state index contributed by atoms with van der Waals surface area (Å²) in [5.41, 5.74) is 2.88. The van der Waals surface area contributed by atoms with Crippen molar-refractivity contribution in [2.24, 2.45) is 7.05 Å². The number of rotatable bonds is 3. The Kier molecular flexibility index (Phi) is 3.59. The summed E-state index contributed by atoms with van der Waals surface area (Å²) in [5, 5.41) is 10.5. The summed E-state index contributed by atoms with van der Waals surface area (Å²) in [6, 6.07) is 7.70. The van der Waals surface area contributed by atoms with Crippen LogP contribution >= 0.6 is 11.3 Å². The third-order valence-electron chi connectivity index (χ3n) is 4.03. The molecule has 0 unspecified atom stereocenters. The molecule has 23 heavy (non-hydrogen) atoms. The maximum absolute atomic E-state index is 11.7. The van der Waals surface area contributed by atoms with Crippen LogP contribution in [0.15, 0.2) is 39.0 Å². The molecule has 7 heteroatoms. The van der Waals surface area contributed by atoms with Gasteiger partial charge in [0.2, 0.25) is 0 Å². The fourth-order valence-corrected chi connectivity index (χ4v) is 3.51. The van der Waals surface area contributed by atoms with Crippen molar-refractivity contribution >= 4 is 11.3 Å². The second-order valence-corrected chi connectivity index (χ2v) is 6.65. The van der Waals surface area contributed by atoms with E-state index in [1.165, 1.54) is 4.68 Å². The lowest BCUT2D eigenvalue weighted by molar-refractivity contribution is 0.234. The molecule has 118 valence electrons. The van der Waals surface area contributed by atoms with Gasteiger partial charge >= 0.3 is 0 Å².